The summed E-state index contributed by atoms with van der Waals surface area (Å²) in [6, 6.07) is 0. The molecule has 0 heterocycles. The molecule has 0 aliphatic carbocycles. The van der Waals surface area contributed by atoms with Crippen LogP contribution in [0.25, 0.3) is 0 Å². The second kappa shape index (κ2) is 5.65. The van der Waals surface area contributed by atoms with Crippen molar-refractivity contribution in [1.29, 1.82) is 0 Å². The molecule has 0 spiro atoms. The minimum atomic E-state index is -0.00764. The van der Waals surface area contributed by atoms with E-state index in [1.807, 2.05) is 0 Å². The predicted molar refractivity (Wildman–Crippen MR) is 38.8 cm³/mol. The molecule has 9 heavy (non-hydrogen) atoms. The fourth-order valence-corrected chi connectivity index (χ4v) is 0.599. The lowest BCUT2D eigenvalue weighted by molar-refractivity contribution is 0.139. The first-order valence-electron chi connectivity index (χ1n) is 3.13. The van der Waals surface area contributed by atoms with Crippen LogP contribution in [-0.4, -0.2) is 13.2 Å². The van der Waals surface area contributed by atoms with Crippen LogP contribution < -0.4 is 0 Å². The van der Waals surface area contributed by atoms with Gasteiger partial charge in [0.05, 0.1) is 0 Å². The summed E-state index contributed by atoms with van der Waals surface area (Å²) in [5, 5.41) is 0. The minimum Gasteiger partial charge on any atom is -0.369 e. The van der Waals surface area contributed by atoms with Gasteiger partial charge in [0.1, 0.15) is 6.10 Å². The summed E-state index contributed by atoms with van der Waals surface area (Å²) in [6.45, 7) is 3.70. The smallest absolute Gasteiger partial charge is 0.117 e. The van der Waals surface area contributed by atoms with Crippen LogP contribution in [0.4, 0.5) is 0 Å². The molecule has 1 atom stereocenters. The van der Waals surface area contributed by atoms with Gasteiger partial charge in [0.25, 0.3) is 0 Å². The van der Waals surface area contributed by atoms with E-state index in [0.717, 1.165) is 19.3 Å². The molecule has 0 aliphatic rings. The second-order valence-electron chi connectivity index (χ2n) is 1.89. The summed E-state index contributed by atoms with van der Waals surface area (Å²) in [5.41, 5.74) is 0. The van der Waals surface area contributed by atoms with Crippen molar-refractivity contribution in [2.24, 2.45) is 0 Å². The molecule has 0 aromatic rings. The first-order chi connectivity index (χ1) is 4.35. The summed E-state index contributed by atoms with van der Waals surface area (Å²) >= 11 is 0. The van der Waals surface area contributed by atoms with Crippen molar-refractivity contribution in [1.82, 2.24) is 0 Å². The van der Waals surface area contributed by atoms with E-state index >= 15 is 0 Å². The predicted octanol–water partition coefficient (Wildman–Crippen LogP) is 1.64. The Kier molecular flexibility index (Phi) is 5.35. The van der Waals surface area contributed by atoms with Gasteiger partial charge in [-0.25, -0.2) is 0 Å². The monoisotopic (exact) mass is 125 g/mol. The summed E-state index contributed by atoms with van der Waals surface area (Å²) < 4.78 is 4.94. The first kappa shape index (κ1) is 8.52. The maximum atomic E-state index is 5.13. The molecule has 0 aliphatic heterocycles. The zero-order valence-electron chi connectivity index (χ0n) is 5.89. The van der Waals surface area contributed by atoms with Crippen molar-refractivity contribution in [2.75, 3.05) is 7.11 Å². The van der Waals surface area contributed by atoms with E-state index < -0.39 is 0 Å². The van der Waals surface area contributed by atoms with Crippen molar-refractivity contribution < 1.29 is 4.74 Å². The molecule has 0 aromatic heterocycles. The van der Waals surface area contributed by atoms with Gasteiger partial charge >= 0.3 is 0 Å². The van der Waals surface area contributed by atoms with Crippen LogP contribution in [0.3, 0.4) is 0 Å². The highest BCUT2D eigenvalue weighted by molar-refractivity contribution is 4.93. The molecule has 0 fully saturated rings. The molecule has 0 saturated heterocycles. The van der Waals surface area contributed by atoms with Crippen molar-refractivity contribution in [3.8, 4) is 12.3 Å². The maximum Gasteiger partial charge on any atom is 0.117 e. The maximum absolute atomic E-state index is 5.13. The van der Waals surface area contributed by atoms with Crippen molar-refractivity contribution in [3.05, 3.63) is 6.92 Å². The van der Waals surface area contributed by atoms with E-state index in [2.05, 4.69) is 12.8 Å². The lowest BCUT2D eigenvalue weighted by Gasteiger charge is -2.05. The largest absolute Gasteiger partial charge is 0.369 e. The van der Waals surface area contributed by atoms with Gasteiger partial charge in [-0.3, -0.25) is 0 Å². The van der Waals surface area contributed by atoms with E-state index in [9.17, 15) is 0 Å². The Morgan fingerprint density at radius 1 is 1.78 bits per heavy atom. The fraction of sp³-hybridized carbons (Fsp3) is 0.625. The molecule has 0 saturated carbocycles. The lowest BCUT2D eigenvalue weighted by Crippen LogP contribution is -2.05. The lowest BCUT2D eigenvalue weighted by atomic mass is 10.2. The Morgan fingerprint density at radius 2 is 2.44 bits per heavy atom. The van der Waals surface area contributed by atoms with Gasteiger partial charge in [-0.15, -0.1) is 6.42 Å². The topological polar surface area (TPSA) is 9.23 Å². The van der Waals surface area contributed by atoms with Crippen molar-refractivity contribution >= 4 is 0 Å². The fourth-order valence-electron chi connectivity index (χ4n) is 0.599. The van der Waals surface area contributed by atoms with E-state index in [4.69, 9.17) is 11.2 Å². The van der Waals surface area contributed by atoms with Gasteiger partial charge in [-0.1, -0.05) is 19.3 Å². The van der Waals surface area contributed by atoms with E-state index in [-0.39, 0.29) is 6.10 Å². The Morgan fingerprint density at radius 3 is 2.78 bits per heavy atom. The number of ether oxygens (including phenoxy) is 1. The number of hydrogen-bond donors (Lipinski definition) is 0. The van der Waals surface area contributed by atoms with E-state index in [1.165, 1.54) is 0 Å². The first-order valence-corrected chi connectivity index (χ1v) is 3.13. The van der Waals surface area contributed by atoms with Gasteiger partial charge in [0, 0.05) is 7.11 Å². The summed E-state index contributed by atoms with van der Waals surface area (Å²) in [4.78, 5) is 0. The molecule has 0 N–H and O–H groups in total. The van der Waals surface area contributed by atoms with Crippen LogP contribution in [0.1, 0.15) is 19.3 Å². The number of rotatable bonds is 4. The molecule has 1 nitrogen and oxygen atoms in total. The number of unbranched alkanes of at least 4 members (excludes halogenated alkanes) is 1. The second-order valence-corrected chi connectivity index (χ2v) is 1.89. The van der Waals surface area contributed by atoms with Gasteiger partial charge in [-0.05, 0) is 12.8 Å². The quantitative estimate of drug-likeness (QED) is 0.519. The van der Waals surface area contributed by atoms with Crippen molar-refractivity contribution in [2.45, 2.75) is 25.4 Å². The molecule has 1 heteroatoms. The standard InChI is InChI=1S/C8H13O/c1-4-6-7-8(5-2)9-3/h2,8H,1,4,6-7H2,3H3. The van der Waals surface area contributed by atoms with Crippen LogP contribution >= 0.6 is 0 Å². The molecule has 51 valence electrons. The molecule has 0 aromatic carbocycles. The Labute approximate surface area is 57.4 Å². The van der Waals surface area contributed by atoms with Crippen LogP contribution in [0, 0.1) is 19.3 Å². The third-order valence-corrected chi connectivity index (χ3v) is 1.19. The molecular formula is C8H13O. The minimum absolute atomic E-state index is 0.00764. The molecular weight excluding hydrogens is 112 g/mol. The van der Waals surface area contributed by atoms with Crippen LogP contribution in [0.2, 0.25) is 0 Å². The van der Waals surface area contributed by atoms with Gasteiger partial charge in [-0.2, -0.15) is 0 Å². The molecule has 1 radical (unpaired) electrons. The van der Waals surface area contributed by atoms with Crippen LogP contribution in [0.15, 0.2) is 0 Å². The number of terminal acetylenes is 1. The zero-order chi connectivity index (χ0) is 7.11. The van der Waals surface area contributed by atoms with Gasteiger partial charge < -0.3 is 4.74 Å². The molecule has 0 rings (SSSR count). The summed E-state index contributed by atoms with van der Waals surface area (Å²) in [6.07, 6.45) is 8.02. The van der Waals surface area contributed by atoms with Crippen LogP contribution in [0.5, 0.6) is 0 Å². The van der Waals surface area contributed by atoms with E-state index in [0.29, 0.717) is 0 Å². The third-order valence-electron chi connectivity index (χ3n) is 1.19. The average Bonchev–Trinajstić information content (AvgIpc) is 1.91. The van der Waals surface area contributed by atoms with Gasteiger partial charge in [0.15, 0.2) is 0 Å². The Hall–Kier alpha value is -0.480. The summed E-state index contributed by atoms with van der Waals surface area (Å²) in [7, 11) is 1.63. The highest BCUT2D eigenvalue weighted by Gasteiger charge is 1.98. The summed E-state index contributed by atoms with van der Waals surface area (Å²) in [5.74, 6) is 2.54. The molecule has 0 amide bonds. The number of methoxy groups -OCH3 is 1. The highest BCUT2D eigenvalue weighted by atomic mass is 16.5. The van der Waals surface area contributed by atoms with Crippen molar-refractivity contribution in [3.63, 3.8) is 0 Å². The molecule has 1 unspecified atom stereocenters. The SMILES string of the molecule is C#CC(CCC[CH2])OC. The normalized spacial score (nSPS) is 12.6. The zero-order valence-corrected chi connectivity index (χ0v) is 5.89. The Bertz CT molecular complexity index is 91.2. The average molecular weight is 125 g/mol. The highest BCUT2D eigenvalue weighted by Crippen LogP contribution is 2.01. The third kappa shape index (κ3) is 4.05. The van der Waals surface area contributed by atoms with E-state index in [1.54, 1.807) is 7.11 Å². The van der Waals surface area contributed by atoms with Crippen LogP contribution in [-0.2, 0) is 4.74 Å². The molecule has 0 bridgehead atoms. The van der Waals surface area contributed by atoms with Gasteiger partial charge in [0.2, 0.25) is 0 Å². The Balaban J connectivity index is 3.23. The number of hydrogen-bond acceptors (Lipinski definition) is 1.